The van der Waals surface area contributed by atoms with Crippen LogP contribution >= 0.6 is 0 Å². The van der Waals surface area contributed by atoms with Crippen LogP contribution in [0, 0.1) is 0 Å². The molecule has 0 atom stereocenters. The largest absolute Gasteiger partial charge is 0.494 e. The summed E-state index contributed by atoms with van der Waals surface area (Å²) < 4.78 is 0. The van der Waals surface area contributed by atoms with E-state index < -0.39 is 35.8 Å². The summed E-state index contributed by atoms with van der Waals surface area (Å²) in [5.74, 6) is -4.04. The fourth-order valence-corrected chi connectivity index (χ4v) is 2.49. The summed E-state index contributed by atoms with van der Waals surface area (Å²) in [5.41, 5.74) is -0.688. The second-order valence-corrected chi connectivity index (χ2v) is 5.27. The number of carbonyl (C=O) groups is 4. The zero-order valence-electron chi connectivity index (χ0n) is 12.9. The molecule has 23 heavy (non-hydrogen) atoms. The molecule has 1 saturated carbocycles. The Kier molecular flexibility index (Phi) is 7.04. The number of rotatable bonds is 7. The lowest BCUT2D eigenvalue weighted by molar-refractivity contribution is -0.138. The van der Waals surface area contributed by atoms with E-state index in [9.17, 15) is 24.3 Å². The van der Waals surface area contributed by atoms with Crippen LogP contribution in [-0.2, 0) is 19.2 Å². The van der Waals surface area contributed by atoms with E-state index in [-0.39, 0.29) is 12.5 Å². The predicted octanol–water partition coefficient (Wildman–Crippen LogP) is -0.506. The van der Waals surface area contributed by atoms with Gasteiger partial charge in [0.25, 0.3) is 11.8 Å². The Morgan fingerprint density at radius 3 is 2.26 bits per heavy atom. The Labute approximate surface area is 133 Å². The summed E-state index contributed by atoms with van der Waals surface area (Å²) in [5, 5.41) is 22.6. The van der Waals surface area contributed by atoms with Crippen LogP contribution in [0.15, 0.2) is 11.5 Å². The Morgan fingerprint density at radius 1 is 1.13 bits per heavy atom. The van der Waals surface area contributed by atoms with Crippen LogP contribution in [0.1, 0.15) is 32.1 Å². The van der Waals surface area contributed by atoms with E-state index in [1.807, 2.05) is 5.32 Å². The van der Waals surface area contributed by atoms with E-state index in [1.54, 1.807) is 12.4 Å². The summed E-state index contributed by atoms with van der Waals surface area (Å²) in [6.07, 6.45) is 4.74. The SMILES string of the molecule is CN(/C(O)=C(\C(=O)NC=O)C(=O)NCC(=O)O)C1CCCCC1. The molecule has 0 bridgehead atoms. The van der Waals surface area contributed by atoms with Gasteiger partial charge in [0.15, 0.2) is 5.57 Å². The van der Waals surface area contributed by atoms with Crippen molar-refractivity contribution >= 4 is 24.2 Å². The summed E-state index contributed by atoms with van der Waals surface area (Å²) >= 11 is 0. The Morgan fingerprint density at radius 2 is 1.74 bits per heavy atom. The number of carboxylic acids is 1. The maximum absolute atomic E-state index is 12.0. The first-order chi connectivity index (χ1) is 10.9. The minimum atomic E-state index is -1.30. The molecule has 0 unspecified atom stereocenters. The van der Waals surface area contributed by atoms with Crippen molar-refractivity contribution < 1.29 is 29.4 Å². The molecule has 1 fully saturated rings. The van der Waals surface area contributed by atoms with E-state index in [0.717, 1.165) is 32.1 Å². The van der Waals surface area contributed by atoms with Crippen molar-refractivity contribution in [1.29, 1.82) is 0 Å². The van der Waals surface area contributed by atoms with Crippen molar-refractivity contribution in [3.8, 4) is 0 Å². The molecular weight excluding hydrogens is 306 g/mol. The van der Waals surface area contributed by atoms with Gasteiger partial charge >= 0.3 is 5.97 Å². The number of aliphatic hydroxyl groups is 1. The van der Waals surface area contributed by atoms with Crippen molar-refractivity contribution in [2.24, 2.45) is 0 Å². The number of nitrogens with zero attached hydrogens (tertiary/aromatic N) is 1. The highest BCUT2D eigenvalue weighted by Crippen LogP contribution is 2.24. The Hall–Kier alpha value is -2.58. The first kappa shape index (κ1) is 18.5. The third-order valence-electron chi connectivity index (χ3n) is 3.72. The lowest BCUT2D eigenvalue weighted by Gasteiger charge is -2.32. The molecule has 0 saturated heterocycles. The molecule has 128 valence electrons. The molecular formula is C14H21N3O6. The third-order valence-corrected chi connectivity index (χ3v) is 3.72. The molecule has 4 N–H and O–H groups in total. The van der Waals surface area contributed by atoms with E-state index in [4.69, 9.17) is 5.11 Å². The predicted molar refractivity (Wildman–Crippen MR) is 79.1 cm³/mol. The van der Waals surface area contributed by atoms with Crippen LogP contribution in [-0.4, -0.2) is 58.9 Å². The van der Waals surface area contributed by atoms with Gasteiger partial charge < -0.3 is 20.4 Å². The summed E-state index contributed by atoms with van der Waals surface area (Å²) in [6.45, 7) is -0.711. The van der Waals surface area contributed by atoms with Crippen LogP contribution in [0.25, 0.3) is 0 Å². The quantitative estimate of drug-likeness (QED) is 0.163. The molecule has 1 rings (SSSR count). The van der Waals surface area contributed by atoms with Crippen LogP contribution in [0.2, 0.25) is 0 Å². The fourth-order valence-electron chi connectivity index (χ4n) is 2.49. The fraction of sp³-hybridized carbons (Fsp3) is 0.571. The second kappa shape index (κ2) is 8.76. The van der Waals surface area contributed by atoms with Gasteiger partial charge in [-0.1, -0.05) is 19.3 Å². The van der Waals surface area contributed by atoms with E-state index >= 15 is 0 Å². The smallest absolute Gasteiger partial charge is 0.322 e. The molecule has 0 heterocycles. The lowest BCUT2D eigenvalue weighted by atomic mass is 9.94. The van der Waals surface area contributed by atoms with Crippen molar-refractivity contribution in [3.63, 3.8) is 0 Å². The minimum absolute atomic E-state index is 0.0324. The number of aliphatic carboxylic acids is 1. The number of carboxylic acid groups (broad SMARTS) is 1. The molecule has 9 heteroatoms. The van der Waals surface area contributed by atoms with Gasteiger partial charge in [0.2, 0.25) is 12.3 Å². The van der Waals surface area contributed by atoms with E-state index in [1.165, 1.54) is 4.90 Å². The highest BCUT2D eigenvalue weighted by molar-refractivity contribution is 6.20. The first-order valence-electron chi connectivity index (χ1n) is 7.29. The van der Waals surface area contributed by atoms with Gasteiger partial charge in [-0.15, -0.1) is 0 Å². The van der Waals surface area contributed by atoms with Crippen LogP contribution < -0.4 is 10.6 Å². The minimum Gasteiger partial charge on any atom is -0.494 e. The number of aliphatic hydroxyl groups excluding tert-OH is 1. The first-order valence-corrected chi connectivity index (χ1v) is 7.29. The number of hydrogen-bond donors (Lipinski definition) is 4. The van der Waals surface area contributed by atoms with Crippen molar-refractivity contribution in [2.75, 3.05) is 13.6 Å². The highest BCUT2D eigenvalue weighted by Gasteiger charge is 2.29. The zero-order chi connectivity index (χ0) is 17.4. The van der Waals surface area contributed by atoms with Gasteiger partial charge in [-0.2, -0.15) is 0 Å². The topological polar surface area (TPSA) is 136 Å². The van der Waals surface area contributed by atoms with Crippen molar-refractivity contribution in [3.05, 3.63) is 11.5 Å². The maximum Gasteiger partial charge on any atom is 0.322 e. The molecule has 0 spiro atoms. The van der Waals surface area contributed by atoms with Gasteiger partial charge in [-0.05, 0) is 12.8 Å². The molecule has 1 aliphatic rings. The number of carbonyl (C=O) groups excluding carboxylic acids is 3. The van der Waals surface area contributed by atoms with Crippen molar-refractivity contribution in [2.45, 2.75) is 38.1 Å². The monoisotopic (exact) mass is 327 g/mol. The number of nitrogens with one attached hydrogen (secondary N) is 2. The summed E-state index contributed by atoms with van der Waals surface area (Å²) in [4.78, 5) is 46.2. The average Bonchev–Trinajstić information content (AvgIpc) is 2.53. The van der Waals surface area contributed by atoms with Gasteiger partial charge in [-0.25, -0.2) is 0 Å². The van der Waals surface area contributed by atoms with Gasteiger partial charge in [-0.3, -0.25) is 24.5 Å². The molecule has 0 aromatic heterocycles. The van der Waals surface area contributed by atoms with Crippen LogP contribution in [0.5, 0.6) is 0 Å². The van der Waals surface area contributed by atoms with Gasteiger partial charge in [0.1, 0.15) is 6.54 Å². The Balaban J connectivity index is 3.02. The molecule has 0 aliphatic heterocycles. The molecule has 1 aliphatic carbocycles. The summed E-state index contributed by atoms with van der Waals surface area (Å²) in [7, 11) is 1.55. The maximum atomic E-state index is 12.0. The number of hydrogen-bond acceptors (Lipinski definition) is 6. The van der Waals surface area contributed by atoms with Gasteiger partial charge in [0.05, 0.1) is 0 Å². The number of imide groups is 1. The van der Waals surface area contributed by atoms with E-state index in [2.05, 4.69) is 0 Å². The standard InChI is InChI=1S/C14H21N3O6/c1-17(9-5-3-2-4-6-9)14(23)11(13(22)16-8-18)12(21)15-7-10(19)20/h8-9,23H,2-7H2,1H3,(H,15,21)(H,19,20)(H,16,18,22)/b14-11+. The normalized spacial score (nSPS) is 16.0. The van der Waals surface area contributed by atoms with Crippen LogP contribution in [0.4, 0.5) is 0 Å². The van der Waals surface area contributed by atoms with Gasteiger partial charge in [0, 0.05) is 13.1 Å². The number of amides is 3. The average molecular weight is 327 g/mol. The molecule has 0 aromatic rings. The van der Waals surface area contributed by atoms with E-state index in [0.29, 0.717) is 0 Å². The van der Waals surface area contributed by atoms with Crippen LogP contribution in [0.3, 0.4) is 0 Å². The Bertz CT molecular complexity index is 511. The highest BCUT2D eigenvalue weighted by atomic mass is 16.4. The molecule has 0 radical (unpaired) electrons. The molecule has 9 nitrogen and oxygen atoms in total. The molecule has 3 amide bonds. The third kappa shape index (κ3) is 5.28. The zero-order valence-corrected chi connectivity index (χ0v) is 12.9. The summed E-state index contributed by atoms with van der Waals surface area (Å²) in [6, 6.07) is -0.0324. The lowest BCUT2D eigenvalue weighted by Crippen LogP contribution is -2.41. The van der Waals surface area contributed by atoms with Crippen molar-refractivity contribution in [1.82, 2.24) is 15.5 Å². The second-order valence-electron chi connectivity index (χ2n) is 5.27. The molecule has 0 aromatic carbocycles.